The second-order valence-corrected chi connectivity index (χ2v) is 2.98. The first-order valence-corrected chi connectivity index (χ1v) is 4.17. The third kappa shape index (κ3) is 3.13. The molecule has 0 saturated carbocycles. The molecule has 1 fully saturated rings. The van der Waals surface area contributed by atoms with Gasteiger partial charge in [0, 0.05) is 19.6 Å². The van der Waals surface area contributed by atoms with Gasteiger partial charge in [0.05, 0.1) is 12.7 Å². The van der Waals surface area contributed by atoms with E-state index in [1.54, 1.807) is 0 Å². The molecule has 0 radical (unpaired) electrons. The Morgan fingerprint density at radius 2 is 2.15 bits per heavy atom. The largest absolute Gasteiger partial charge is 0.460 e. The lowest BCUT2D eigenvalue weighted by atomic mass is 10.3. The molecule has 13 heavy (non-hydrogen) atoms. The second-order valence-electron chi connectivity index (χ2n) is 2.98. The number of rotatable bonds is 3. The van der Waals surface area contributed by atoms with Crippen molar-refractivity contribution in [2.45, 2.75) is 18.8 Å². The van der Waals surface area contributed by atoms with E-state index in [9.17, 15) is 13.2 Å². The summed E-state index contributed by atoms with van der Waals surface area (Å²) in [5, 5.41) is 0. The molecule has 1 aliphatic heterocycles. The van der Waals surface area contributed by atoms with E-state index in [1.807, 2.05) is 0 Å². The van der Waals surface area contributed by atoms with Crippen molar-refractivity contribution in [3.8, 4) is 0 Å². The molecule has 1 saturated heterocycles. The molecule has 3 nitrogen and oxygen atoms in total. The van der Waals surface area contributed by atoms with Crippen LogP contribution in [0.5, 0.6) is 0 Å². The molecule has 0 aromatic rings. The average molecular weight is 198 g/mol. The van der Waals surface area contributed by atoms with E-state index in [0.29, 0.717) is 24.5 Å². The molecule has 1 heterocycles. The number of ether oxygens (including phenoxy) is 1. The van der Waals surface area contributed by atoms with Crippen molar-refractivity contribution in [2.24, 2.45) is 5.73 Å². The summed E-state index contributed by atoms with van der Waals surface area (Å²) >= 11 is 0. The van der Waals surface area contributed by atoms with Gasteiger partial charge >= 0.3 is 6.30 Å². The zero-order chi connectivity index (χ0) is 9.90. The van der Waals surface area contributed by atoms with Crippen LogP contribution in [-0.2, 0) is 4.74 Å². The summed E-state index contributed by atoms with van der Waals surface area (Å²) in [6.45, 7) is 0.640. The van der Waals surface area contributed by atoms with Crippen LogP contribution < -0.4 is 5.73 Å². The summed E-state index contributed by atoms with van der Waals surface area (Å²) in [6, 6.07) is 0. The maximum absolute atomic E-state index is 12.1. The van der Waals surface area contributed by atoms with Crippen molar-refractivity contribution in [3.63, 3.8) is 0 Å². The molecule has 0 bridgehead atoms. The van der Waals surface area contributed by atoms with E-state index >= 15 is 0 Å². The first-order valence-electron chi connectivity index (χ1n) is 4.17. The lowest BCUT2D eigenvalue weighted by Gasteiger charge is -2.18. The Balaban J connectivity index is 2.28. The van der Waals surface area contributed by atoms with Crippen LogP contribution in [0, 0.1) is 0 Å². The fourth-order valence-corrected chi connectivity index (χ4v) is 1.33. The summed E-state index contributed by atoms with van der Waals surface area (Å²) in [7, 11) is 0. The molecule has 0 aromatic carbocycles. The van der Waals surface area contributed by atoms with E-state index in [1.165, 1.54) is 0 Å². The Bertz CT molecular complexity index is 162. The Hall–Kier alpha value is -0.330. The highest BCUT2D eigenvalue weighted by molar-refractivity contribution is 4.77. The Kier molecular flexibility index (Phi) is 3.52. The van der Waals surface area contributed by atoms with E-state index < -0.39 is 6.30 Å². The quantitative estimate of drug-likeness (QED) is 0.673. The van der Waals surface area contributed by atoms with Crippen LogP contribution in [0.15, 0.2) is 0 Å². The predicted molar refractivity (Wildman–Crippen MR) is 41.0 cm³/mol. The van der Waals surface area contributed by atoms with Crippen molar-refractivity contribution < 1.29 is 17.9 Å². The first-order chi connectivity index (χ1) is 6.04. The molecular formula is C7H13F3N2O. The minimum absolute atomic E-state index is 0.0265. The van der Waals surface area contributed by atoms with E-state index in [4.69, 9.17) is 10.5 Å². The fourth-order valence-electron chi connectivity index (χ4n) is 1.33. The average Bonchev–Trinajstić information content (AvgIpc) is 2.47. The van der Waals surface area contributed by atoms with Gasteiger partial charge in [0.15, 0.2) is 0 Å². The second kappa shape index (κ2) is 4.26. The van der Waals surface area contributed by atoms with E-state index in [2.05, 4.69) is 0 Å². The van der Waals surface area contributed by atoms with Crippen LogP contribution in [0.2, 0.25) is 0 Å². The summed E-state index contributed by atoms with van der Waals surface area (Å²) in [6.07, 6.45) is -4.11. The third-order valence-corrected chi connectivity index (χ3v) is 1.97. The normalized spacial score (nSPS) is 25.4. The smallest absolute Gasteiger partial charge is 0.376 e. The Labute approximate surface area is 74.6 Å². The molecule has 1 aliphatic rings. The standard InChI is InChI=1S/C7H13F3N2O/c8-7(9,10)12-3-1-6(5-12)13-4-2-11/h6H,1-5,11H2. The highest BCUT2D eigenvalue weighted by Gasteiger charge is 2.41. The zero-order valence-corrected chi connectivity index (χ0v) is 7.18. The number of alkyl halides is 3. The summed E-state index contributed by atoms with van der Waals surface area (Å²) in [5.74, 6) is 0. The summed E-state index contributed by atoms with van der Waals surface area (Å²) < 4.78 is 41.4. The number of nitrogens with zero attached hydrogens (tertiary/aromatic N) is 1. The Morgan fingerprint density at radius 1 is 1.46 bits per heavy atom. The van der Waals surface area contributed by atoms with Crippen LogP contribution in [0.4, 0.5) is 13.2 Å². The molecule has 1 atom stereocenters. The summed E-state index contributed by atoms with van der Waals surface area (Å²) in [5.41, 5.74) is 5.17. The molecule has 1 unspecified atom stereocenters. The van der Waals surface area contributed by atoms with Crippen LogP contribution in [0.25, 0.3) is 0 Å². The molecular weight excluding hydrogens is 185 g/mol. The number of likely N-dealkylation sites (tertiary alicyclic amines) is 1. The van der Waals surface area contributed by atoms with Crippen LogP contribution >= 0.6 is 0 Å². The number of halogens is 3. The van der Waals surface area contributed by atoms with E-state index in [-0.39, 0.29) is 19.2 Å². The van der Waals surface area contributed by atoms with Gasteiger partial charge in [-0.3, -0.25) is 0 Å². The molecule has 0 spiro atoms. The first kappa shape index (κ1) is 10.7. The van der Waals surface area contributed by atoms with Gasteiger partial charge in [0.1, 0.15) is 0 Å². The lowest BCUT2D eigenvalue weighted by molar-refractivity contribution is -0.240. The fraction of sp³-hybridized carbons (Fsp3) is 1.00. The lowest BCUT2D eigenvalue weighted by Crippen LogP contribution is -2.36. The summed E-state index contributed by atoms with van der Waals surface area (Å²) in [4.78, 5) is 0.466. The minimum atomic E-state index is -4.22. The van der Waals surface area contributed by atoms with Crippen molar-refractivity contribution >= 4 is 0 Å². The van der Waals surface area contributed by atoms with Gasteiger partial charge in [0.25, 0.3) is 0 Å². The topological polar surface area (TPSA) is 38.5 Å². The van der Waals surface area contributed by atoms with E-state index in [0.717, 1.165) is 0 Å². The third-order valence-electron chi connectivity index (χ3n) is 1.97. The van der Waals surface area contributed by atoms with Crippen LogP contribution in [0.1, 0.15) is 6.42 Å². The number of hydrogen-bond donors (Lipinski definition) is 1. The molecule has 1 rings (SSSR count). The van der Waals surface area contributed by atoms with Crippen molar-refractivity contribution in [3.05, 3.63) is 0 Å². The zero-order valence-electron chi connectivity index (χ0n) is 7.18. The van der Waals surface area contributed by atoms with Crippen LogP contribution in [-0.4, -0.2) is 43.5 Å². The highest BCUT2D eigenvalue weighted by Crippen LogP contribution is 2.26. The van der Waals surface area contributed by atoms with Gasteiger partial charge < -0.3 is 10.5 Å². The predicted octanol–water partition coefficient (Wildman–Crippen LogP) is 0.556. The van der Waals surface area contributed by atoms with Gasteiger partial charge in [-0.1, -0.05) is 0 Å². The van der Waals surface area contributed by atoms with Gasteiger partial charge in [-0.15, -0.1) is 0 Å². The highest BCUT2D eigenvalue weighted by atomic mass is 19.4. The van der Waals surface area contributed by atoms with Crippen molar-refractivity contribution in [2.75, 3.05) is 26.2 Å². The minimum Gasteiger partial charge on any atom is -0.376 e. The number of hydrogen-bond acceptors (Lipinski definition) is 3. The number of nitrogens with two attached hydrogens (primary N) is 1. The van der Waals surface area contributed by atoms with Gasteiger partial charge in [0.2, 0.25) is 0 Å². The van der Waals surface area contributed by atoms with Crippen LogP contribution in [0.3, 0.4) is 0 Å². The van der Waals surface area contributed by atoms with Crippen molar-refractivity contribution in [1.29, 1.82) is 0 Å². The van der Waals surface area contributed by atoms with Gasteiger partial charge in [-0.25, -0.2) is 4.90 Å². The van der Waals surface area contributed by atoms with Gasteiger partial charge in [-0.2, -0.15) is 13.2 Å². The van der Waals surface area contributed by atoms with Crippen molar-refractivity contribution in [1.82, 2.24) is 4.90 Å². The monoisotopic (exact) mass is 198 g/mol. The maximum Gasteiger partial charge on any atom is 0.460 e. The molecule has 0 amide bonds. The Morgan fingerprint density at radius 3 is 2.62 bits per heavy atom. The molecule has 0 aliphatic carbocycles. The maximum atomic E-state index is 12.1. The molecule has 6 heteroatoms. The molecule has 2 N–H and O–H groups in total. The SMILES string of the molecule is NCCOC1CCN(C(F)(F)F)C1. The molecule has 78 valence electrons. The van der Waals surface area contributed by atoms with Gasteiger partial charge in [-0.05, 0) is 6.42 Å². The molecule has 0 aromatic heterocycles.